The van der Waals surface area contributed by atoms with Crippen molar-refractivity contribution in [1.82, 2.24) is 0 Å². The number of aliphatic hydroxyl groups excluding tert-OH is 1. The number of nitrogens with two attached hydrogens (primary N) is 1. The predicted molar refractivity (Wildman–Crippen MR) is 51.5 cm³/mol. The second kappa shape index (κ2) is 2.41. The van der Waals surface area contributed by atoms with Gasteiger partial charge in [-0.2, -0.15) is 0 Å². The number of hydrogen-bond acceptors (Lipinski definition) is 2. The first-order valence-corrected chi connectivity index (χ1v) is 5.60. The lowest BCUT2D eigenvalue weighted by atomic mass is 9.52. The third kappa shape index (κ3) is 0.971. The van der Waals surface area contributed by atoms with Gasteiger partial charge in [0, 0.05) is 6.04 Å². The van der Waals surface area contributed by atoms with Gasteiger partial charge in [0.05, 0.1) is 11.0 Å². The highest BCUT2D eigenvalue weighted by Gasteiger charge is 2.58. The van der Waals surface area contributed by atoms with Crippen LogP contribution in [0.15, 0.2) is 0 Å². The number of rotatable bonds is 0. The molecule has 4 aliphatic carbocycles. The first-order chi connectivity index (χ1) is 6.10. The summed E-state index contributed by atoms with van der Waals surface area (Å²) in [6.07, 6.45) is 3.81. The van der Waals surface area contributed by atoms with Crippen LogP contribution >= 0.6 is 11.6 Å². The largest absolute Gasteiger partial charge is 0.391 e. The highest BCUT2D eigenvalue weighted by Crippen LogP contribution is 2.57. The van der Waals surface area contributed by atoms with Crippen molar-refractivity contribution in [2.45, 2.75) is 42.7 Å². The Kier molecular flexibility index (Phi) is 1.58. The van der Waals surface area contributed by atoms with Crippen molar-refractivity contribution in [3.8, 4) is 0 Å². The second-order valence-electron chi connectivity index (χ2n) is 5.22. The molecule has 74 valence electrons. The van der Waals surface area contributed by atoms with E-state index < -0.39 is 0 Å². The van der Waals surface area contributed by atoms with Crippen LogP contribution in [0, 0.1) is 17.8 Å². The molecule has 0 aliphatic heterocycles. The molecule has 4 saturated carbocycles. The fraction of sp³-hybridized carbons (Fsp3) is 1.00. The molecular weight excluding hydrogens is 186 g/mol. The summed E-state index contributed by atoms with van der Waals surface area (Å²) in [5, 5.41) is 10.00. The molecule has 0 aromatic rings. The van der Waals surface area contributed by atoms with Crippen molar-refractivity contribution in [1.29, 1.82) is 0 Å². The van der Waals surface area contributed by atoms with E-state index in [4.69, 9.17) is 17.3 Å². The Bertz CT molecular complexity index is 229. The monoisotopic (exact) mass is 201 g/mol. The zero-order valence-corrected chi connectivity index (χ0v) is 8.37. The highest BCUT2D eigenvalue weighted by molar-refractivity contribution is 6.24. The summed E-state index contributed by atoms with van der Waals surface area (Å²) in [5.41, 5.74) is 6.13. The van der Waals surface area contributed by atoms with Crippen molar-refractivity contribution in [3.63, 3.8) is 0 Å². The van der Waals surface area contributed by atoms with E-state index >= 15 is 0 Å². The Morgan fingerprint density at radius 3 is 2.15 bits per heavy atom. The minimum absolute atomic E-state index is 0.269. The summed E-state index contributed by atoms with van der Waals surface area (Å²) >= 11 is 6.44. The Morgan fingerprint density at radius 2 is 1.69 bits per heavy atom. The minimum Gasteiger partial charge on any atom is -0.391 e. The van der Waals surface area contributed by atoms with Crippen LogP contribution in [0.1, 0.15) is 25.7 Å². The molecule has 2 nitrogen and oxygen atoms in total. The minimum atomic E-state index is -0.313. The standard InChI is InChI=1S/C10H16ClNO/c11-10-3-6-1-5(9(10)13)2-7(4-10)8(6)12/h5-9,13H,1-4,12H2. The van der Waals surface area contributed by atoms with Gasteiger partial charge in [-0.3, -0.25) is 0 Å². The number of alkyl halides is 1. The van der Waals surface area contributed by atoms with Crippen LogP contribution in [0.5, 0.6) is 0 Å². The predicted octanol–water partition coefficient (Wildman–Crippen LogP) is 1.10. The van der Waals surface area contributed by atoms with Gasteiger partial charge in [0.15, 0.2) is 0 Å². The molecule has 13 heavy (non-hydrogen) atoms. The molecule has 4 fully saturated rings. The summed E-state index contributed by atoms with van der Waals surface area (Å²) < 4.78 is 0. The summed E-state index contributed by atoms with van der Waals surface area (Å²) in [6.45, 7) is 0. The molecule has 3 atom stereocenters. The molecule has 0 aromatic heterocycles. The van der Waals surface area contributed by atoms with Gasteiger partial charge in [-0.15, -0.1) is 11.6 Å². The normalized spacial score (nSPS) is 64.4. The van der Waals surface area contributed by atoms with E-state index in [-0.39, 0.29) is 11.0 Å². The number of hydrogen-bond donors (Lipinski definition) is 2. The maximum Gasteiger partial charge on any atom is 0.0760 e. The summed E-state index contributed by atoms with van der Waals surface area (Å²) in [7, 11) is 0. The maximum absolute atomic E-state index is 10.00. The van der Waals surface area contributed by atoms with E-state index in [9.17, 15) is 5.11 Å². The van der Waals surface area contributed by atoms with E-state index in [2.05, 4.69) is 0 Å². The Labute approximate surface area is 83.4 Å². The molecule has 3 heteroatoms. The summed E-state index contributed by atoms with van der Waals surface area (Å²) in [6, 6.07) is 0.357. The van der Waals surface area contributed by atoms with Gasteiger partial charge in [0.2, 0.25) is 0 Å². The molecule has 0 radical (unpaired) electrons. The van der Waals surface area contributed by atoms with Crippen LogP contribution < -0.4 is 5.73 Å². The van der Waals surface area contributed by atoms with Crippen LogP contribution in [-0.4, -0.2) is 22.1 Å². The highest BCUT2D eigenvalue weighted by atomic mass is 35.5. The average Bonchev–Trinajstić information content (AvgIpc) is 2.05. The van der Waals surface area contributed by atoms with Crippen LogP contribution in [-0.2, 0) is 0 Å². The molecule has 3 unspecified atom stereocenters. The molecule has 3 N–H and O–H groups in total. The lowest BCUT2D eigenvalue weighted by molar-refractivity contribution is -0.0871. The fourth-order valence-electron chi connectivity index (χ4n) is 3.89. The zero-order chi connectivity index (χ0) is 9.22. The van der Waals surface area contributed by atoms with E-state index in [1.165, 1.54) is 0 Å². The molecule has 0 heterocycles. The number of halogens is 1. The van der Waals surface area contributed by atoms with Crippen LogP contribution in [0.3, 0.4) is 0 Å². The first kappa shape index (κ1) is 8.51. The van der Waals surface area contributed by atoms with Gasteiger partial charge in [-0.25, -0.2) is 0 Å². The quantitative estimate of drug-likeness (QED) is 0.577. The van der Waals surface area contributed by atoms with Gasteiger partial charge in [-0.05, 0) is 43.4 Å². The molecule has 4 rings (SSSR count). The molecule has 0 amide bonds. The SMILES string of the molecule is NC1C2CC3CC1CC(Cl)(C2)C3O. The van der Waals surface area contributed by atoms with Gasteiger partial charge >= 0.3 is 0 Å². The van der Waals surface area contributed by atoms with E-state index in [1.807, 2.05) is 0 Å². The molecule has 0 spiro atoms. The molecule has 0 aromatic carbocycles. The Hall–Kier alpha value is 0.210. The second-order valence-corrected chi connectivity index (χ2v) is 5.97. The fourth-order valence-corrected chi connectivity index (χ4v) is 4.46. The number of aliphatic hydroxyl groups is 1. The Balaban J connectivity index is 1.97. The van der Waals surface area contributed by atoms with Crippen molar-refractivity contribution >= 4 is 11.6 Å². The molecule has 0 saturated heterocycles. The van der Waals surface area contributed by atoms with E-state index in [1.54, 1.807) is 0 Å². The molecular formula is C10H16ClNO. The van der Waals surface area contributed by atoms with Gasteiger partial charge < -0.3 is 10.8 Å². The first-order valence-electron chi connectivity index (χ1n) is 5.23. The lowest BCUT2D eigenvalue weighted by Crippen LogP contribution is -2.64. The van der Waals surface area contributed by atoms with Crippen LogP contribution in [0.2, 0.25) is 0 Å². The average molecular weight is 202 g/mol. The van der Waals surface area contributed by atoms with Gasteiger partial charge in [-0.1, -0.05) is 0 Å². The third-order valence-electron chi connectivity index (χ3n) is 4.48. The smallest absolute Gasteiger partial charge is 0.0760 e. The molecule has 4 aliphatic rings. The van der Waals surface area contributed by atoms with Crippen LogP contribution in [0.4, 0.5) is 0 Å². The van der Waals surface area contributed by atoms with Crippen molar-refractivity contribution < 1.29 is 5.11 Å². The zero-order valence-electron chi connectivity index (χ0n) is 7.62. The van der Waals surface area contributed by atoms with Gasteiger partial charge in [0.25, 0.3) is 0 Å². The summed E-state index contributed by atoms with van der Waals surface area (Å²) in [4.78, 5) is -0.313. The van der Waals surface area contributed by atoms with E-state index in [0.29, 0.717) is 23.8 Å². The lowest BCUT2D eigenvalue weighted by Gasteiger charge is -2.59. The topological polar surface area (TPSA) is 46.2 Å². The maximum atomic E-state index is 10.00. The molecule has 4 bridgehead atoms. The van der Waals surface area contributed by atoms with Crippen LogP contribution in [0.25, 0.3) is 0 Å². The van der Waals surface area contributed by atoms with Gasteiger partial charge in [0.1, 0.15) is 0 Å². The Morgan fingerprint density at radius 1 is 1.15 bits per heavy atom. The summed E-state index contributed by atoms with van der Waals surface area (Å²) in [5.74, 6) is 1.60. The van der Waals surface area contributed by atoms with Crippen molar-refractivity contribution in [3.05, 3.63) is 0 Å². The third-order valence-corrected chi connectivity index (χ3v) is 5.01. The van der Waals surface area contributed by atoms with Crippen molar-refractivity contribution in [2.24, 2.45) is 23.5 Å². The van der Waals surface area contributed by atoms with E-state index in [0.717, 1.165) is 25.7 Å². The van der Waals surface area contributed by atoms with Crippen molar-refractivity contribution in [2.75, 3.05) is 0 Å².